The molecule has 1 unspecified atom stereocenters. The van der Waals surface area contributed by atoms with E-state index in [1.807, 2.05) is 11.0 Å². The van der Waals surface area contributed by atoms with Crippen LogP contribution in [0.4, 0.5) is 14.9 Å². The molecule has 2 aromatic rings. The van der Waals surface area contributed by atoms with E-state index in [1.165, 1.54) is 12.1 Å². The minimum absolute atomic E-state index is 0.0403. The summed E-state index contributed by atoms with van der Waals surface area (Å²) in [6, 6.07) is 6.98. The van der Waals surface area contributed by atoms with E-state index in [2.05, 4.69) is 15.2 Å². The van der Waals surface area contributed by atoms with E-state index in [1.54, 1.807) is 12.3 Å². The summed E-state index contributed by atoms with van der Waals surface area (Å²) in [5, 5.41) is 3.83. The summed E-state index contributed by atoms with van der Waals surface area (Å²) in [6.45, 7) is 3.26. The summed E-state index contributed by atoms with van der Waals surface area (Å²) in [4.78, 5) is 20.4. The number of anilines is 1. The fraction of sp³-hybridized carbons (Fsp3) is 0.412. The summed E-state index contributed by atoms with van der Waals surface area (Å²) >= 11 is 0. The monoisotopic (exact) mass is 314 g/mol. The van der Waals surface area contributed by atoms with E-state index in [0.717, 1.165) is 50.1 Å². The fourth-order valence-electron chi connectivity index (χ4n) is 3.64. The number of aromatic nitrogens is 1. The number of hydrogen-bond donors (Lipinski definition) is 1. The van der Waals surface area contributed by atoms with Crippen molar-refractivity contribution < 1.29 is 9.18 Å². The highest BCUT2D eigenvalue weighted by Crippen LogP contribution is 2.29. The van der Waals surface area contributed by atoms with Crippen LogP contribution in [0.3, 0.4) is 0 Å². The lowest BCUT2D eigenvalue weighted by Gasteiger charge is -2.38. The molecule has 2 fully saturated rings. The maximum absolute atomic E-state index is 13.4. The van der Waals surface area contributed by atoms with Crippen molar-refractivity contribution in [2.45, 2.75) is 18.9 Å². The first-order valence-electron chi connectivity index (χ1n) is 8.06. The van der Waals surface area contributed by atoms with Crippen molar-refractivity contribution in [3.05, 3.63) is 36.3 Å². The van der Waals surface area contributed by atoms with Gasteiger partial charge in [-0.3, -0.25) is 4.98 Å². The number of nitrogens with one attached hydrogen (secondary N) is 1. The van der Waals surface area contributed by atoms with Gasteiger partial charge < -0.3 is 15.1 Å². The topological polar surface area (TPSA) is 48.5 Å². The van der Waals surface area contributed by atoms with Gasteiger partial charge in [0, 0.05) is 49.5 Å². The molecule has 2 aliphatic rings. The maximum atomic E-state index is 13.4. The Morgan fingerprint density at radius 2 is 2.17 bits per heavy atom. The molecule has 4 rings (SSSR count). The zero-order chi connectivity index (χ0) is 15.8. The summed E-state index contributed by atoms with van der Waals surface area (Å²) < 4.78 is 13.4. The quantitative estimate of drug-likeness (QED) is 0.926. The molecule has 2 saturated heterocycles. The number of nitrogens with zero attached hydrogens (tertiary/aromatic N) is 3. The van der Waals surface area contributed by atoms with Crippen LogP contribution in [0.15, 0.2) is 30.5 Å². The minimum Gasteiger partial charge on any atom is -0.369 e. The van der Waals surface area contributed by atoms with Gasteiger partial charge in [0.2, 0.25) is 0 Å². The average molecular weight is 314 g/mol. The molecular formula is C17H19FN4O. The Hall–Kier alpha value is -2.37. The van der Waals surface area contributed by atoms with Crippen LogP contribution in [-0.2, 0) is 0 Å². The van der Waals surface area contributed by atoms with Crippen LogP contribution >= 0.6 is 0 Å². The van der Waals surface area contributed by atoms with Crippen molar-refractivity contribution in [1.29, 1.82) is 0 Å². The Bertz CT molecular complexity index is 750. The van der Waals surface area contributed by atoms with E-state index >= 15 is 0 Å². The predicted octanol–water partition coefficient (Wildman–Crippen LogP) is 2.37. The lowest BCUT2D eigenvalue weighted by molar-refractivity contribution is 0.189. The summed E-state index contributed by atoms with van der Waals surface area (Å²) in [5.74, 6) is -0.271. The van der Waals surface area contributed by atoms with Crippen LogP contribution in [0, 0.1) is 5.82 Å². The standard InChI is InChI=1S/C17H19FN4O/c18-12-3-4-14-15(10-12)19-6-5-16(14)21-8-1-2-13(11-21)22-9-7-20-17(22)23/h3-6,10,13H,1-2,7-9,11H2,(H,20,23). The third-order valence-electron chi connectivity index (χ3n) is 4.75. The van der Waals surface area contributed by atoms with E-state index in [9.17, 15) is 9.18 Å². The summed E-state index contributed by atoms with van der Waals surface area (Å²) in [6.07, 6.45) is 3.80. The number of carbonyl (C=O) groups excluding carboxylic acids is 1. The van der Waals surface area contributed by atoms with Crippen molar-refractivity contribution >= 4 is 22.6 Å². The average Bonchev–Trinajstić information content (AvgIpc) is 3.00. The summed E-state index contributed by atoms with van der Waals surface area (Å²) in [5.41, 5.74) is 1.74. The van der Waals surface area contributed by atoms with Gasteiger partial charge in [-0.05, 0) is 31.0 Å². The Morgan fingerprint density at radius 1 is 1.26 bits per heavy atom. The number of hydrogen-bond acceptors (Lipinski definition) is 3. The second-order valence-electron chi connectivity index (χ2n) is 6.16. The van der Waals surface area contributed by atoms with Crippen molar-refractivity contribution in [2.75, 3.05) is 31.1 Å². The smallest absolute Gasteiger partial charge is 0.317 e. The SMILES string of the molecule is O=C1NCCN1C1CCCN(c2ccnc3cc(F)ccc23)C1. The van der Waals surface area contributed by atoms with Crippen molar-refractivity contribution in [3.63, 3.8) is 0 Å². The minimum atomic E-state index is -0.271. The van der Waals surface area contributed by atoms with E-state index in [0.29, 0.717) is 5.52 Å². The first-order valence-corrected chi connectivity index (χ1v) is 8.06. The number of benzene rings is 1. The van der Waals surface area contributed by atoms with E-state index in [-0.39, 0.29) is 17.9 Å². The number of fused-ring (bicyclic) bond motifs is 1. The molecule has 2 amide bonds. The van der Waals surface area contributed by atoms with E-state index in [4.69, 9.17) is 0 Å². The van der Waals surface area contributed by atoms with Gasteiger partial charge in [-0.25, -0.2) is 9.18 Å². The molecular weight excluding hydrogens is 295 g/mol. The molecule has 120 valence electrons. The van der Waals surface area contributed by atoms with Gasteiger partial charge in [-0.2, -0.15) is 0 Å². The number of amides is 2. The van der Waals surface area contributed by atoms with Gasteiger partial charge >= 0.3 is 6.03 Å². The number of rotatable bonds is 2. The number of urea groups is 1. The molecule has 0 saturated carbocycles. The molecule has 5 nitrogen and oxygen atoms in total. The largest absolute Gasteiger partial charge is 0.369 e. The molecule has 0 spiro atoms. The van der Waals surface area contributed by atoms with Crippen LogP contribution < -0.4 is 10.2 Å². The molecule has 1 aromatic heterocycles. The number of pyridine rings is 1. The molecule has 1 atom stereocenters. The lowest BCUT2D eigenvalue weighted by atomic mass is 10.0. The van der Waals surface area contributed by atoms with Gasteiger partial charge in [0.25, 0.3) is 0 Å². The molecule has 0 radical (unpaired) electrons. The highest BCUT2D eigenvalue weighted by Gasteiger charge is 2.31. The first-order chi connectivity index (χ1) is 11.2. The highest BCUT2D eigenvalue weighted by molar-refractivity contribution is 5.91. The van der Waals surface area contributed by atoms with Gasteiger partial charge in [-0.1, -0.05) is 0 Å². The lowest BCUT2D eigenvalue weighted by Crippen LogP contribution is -2.49. The zero-order valence-electron chi connectivity index (χ0n) is 12.8. The number of piperidine rings is 1. The Labute approximate surface area is 134 Å². The third kappa shape index (κ3) is 2.58. The highest BCUT2D eigenvalue weighted by atomic mass is 19.1. The zero-order valence-corrected chi connectivity index (χ0v) is 12.8. The molecule has 0 bridgehead atoms. The van der Waals surface area contributed by atoms with Gasteiger partial charge in [-0.15, -0.1) is 0 Å². The molecule has 1 aromatic carbocycles. The van der Waals surface area contributed by atoms with Crippen LogP contribution in [0.2, 0.25) is 0 Å². The second kappa shape index (κ2) is 5.68. The number of halogens is 1. The predicted molar refractivity (Wildman–Crippen MR) is 87.0 cm³/mol. The van der Waals surface area contributed by atoms with Gasteiger partial charge in [0.1, 0.15) is 5.82 Å². The molecule has 3 heterocycles. The van der Waals surface area contributed by atoms with Crippen molar-refractivity contribution in [2.24, 2.45) is 0 Å². The number of carbonyl (C=O) groups is 1. The van der Waals surface area contributed by atoms with Gasteiger partial charge in [0.05, 0.1) is 11.6 Å². The maximum Gasteiger partial charge on any atom is 0.317 e. The molecule has 6 heteroatoms. The normalized spacial score (nSPS) is 21.8. The van der Waals surface area contributed by atoms with E-state index < -0.39 is 0 Å². The molecule has 0 aliphatic carbocycles. The Morgan fingerprint density at radius 3 is 3.00 bits per heavy atom. The van der Waals surface area contributed by atoms with Crippen LogP contribution in [-0.4, -0.2) is 48.1 Å². The Balaban J connectivity index is 1.64. The summed E-state index contributed by atoms with van der Waals surface area (Å²) in [7, 11) is 0. The van der Waals surface area contributed by atoms with Crippen molar-refractivity contribution in [3.8, 4) is 0 Å². The second-order valence-corrected chi connectivity index (χ2v) is 6.16. The van der Waals surface area contributed by atoms with Crippen LogP contribution in [0.1, 0.15) is 12.8 Å². The third-order valence-corrected chi connectivity index (χ3v) is 4.75. The molecule has 23 heavy (non-hydrogen) atoms. The Kier molecular flexibility index (Phi) is 3.52. The van der Waals surface area contributed by atoms with Gasteiger partial charge in [0.15, 0.2) is 0 Å². The molecule has 1 N–H and O–H groups in total. The molecule has 2 aliphatic heterocycles. The van der Waals surface area contributed by atoms with Crippen LogP contribution in [0.5, 0.6) is 0 Å². The van der Waals surface area contributed by atoms with Crippen LogP contribution in [0.25, 0.3) is 10.9 Å². The fourth-order valence-corrected chi connectivity index (χ4v) is 3.64. The first kappa shape index (κ1) is 14.2. The van der Waals surface area contributed by atoms with Crippen molar-refractivity contribution in [1.82, 2.24) is 15.2 Å².